The van der Waals surface area contributed by atoms with Gasteiger partial charge in [-0.05, 0) is 51.1 Å². The number of rotatable bonds is 8. The van der Waals surface area contributed by atoms with E-state index in [0.29, 0.717) is 6.61 Å². The normalized spacial score (nSPS) is 10.2. The molecule has 0 fully saturated rings. The number of anilines is 1. The predicted molar refractivity (Wildman–Crippen MR) is 106 cm³/mol. The molecule has 0 bridgehead atoms. The Morgan fingerprint density at radius 2 is 1.72 bits per heavy atom. The topological polar surface area (TPSA) is 41.6 Å². The quantitative estimate of drug-likeness (QED) is 0.750. The Bertz CT molecular complexity index is 617. The van der Waals surface area contributed by atoms with Gasteiger partial charge in [0.1, 0.15) is 6.61 Å². The Morgan fingerprint density at radius 1 is 1.04 bits per heavy atom. The van der Waals surface area contributed by atoms with Crippen molar-refractivity contribution < 1.29 is 9.53 Å². The fourth-order valence-corrected chi connectivity index (χ4v) is 2.39. The molecule has 0 saturated carbocycles. The number of nitrogens with one attached hydrogen (secondary N) is 1. The Labute approximate surface area is 156 Å². The first kappa shape index (κ1) is 21.0. The van der Waals surface area contributed by atoms with Crippen molar-refractivity contribution in [1.82, 2.24) is 4.90 Å². The van der Waals surface area contributed by atoms with Crippen LogP contribution < -0.4 is 5.32 Å². The van der Waals surface area contributed by atoms with Crippen LogP contribution in [-0.2, 0) is 11.2 Å². The molecule has 0 aromatic heterocycles. The molecule has 0 unspecified atom stereocenters. The molecular formula is C20H27ClN2O2. The number of aryl methyl sites for hydroxylation is 2. The van der Waals surface area contributed by atoms with E-state index >= 15 is 0 Å². The van der Waals surface area contributed by atoms with Crippen LogP contribution in [-0.4, -0.2) is 37.7 Å². The fraction of sp³-hybridized carbons (Fsp3) is 0.350. The van der Waals surface area contributed by atoms with Gasteiger partial charge in [0.15, 0.2) is 0 Å². The molecule has 0 aliphatic heterocycles. The van der Waals surface area contributed by atoms with Gasteiger partial charge in [0.2, 0.25) is 0 Å². The average Bonchev–Trinajstić information content (AvgIpc) is 2.58. The van der Waals surface area contributed by atoms with Crippen LogP contribution in [0.5, 0.6) is 0 Å². The van der Waals surface area contributed by atoms with Crippen LogP contribution in [0.2, 0.25) is 0 Å². The van der Waals surface area contributed by atoms with E-state index in [2.05, 4.69) is 34.5 Å². The maximum Gasteiger partial charge on any atom is 0.411 e. The minimum atomic E-state index is -0.406. The van der Waals surface area contributed by atoms with Gasteiger partial charge in [-0.25, -0.2) is 4.79 Å². The highest BCUT2D eigenvalue weighted by Crippen LogP contribution is 2.08. The fourth-order valence-electron chi connectivity index (χ4n) is 2.39. The number of amides is 1. The van der Waals surface area contributed by atoms with E-state index in [4.69, 9.17) is 4.74 Å². The SMILES string of the molecule is Cc1ccc(NC(=O)OCCN(C)CCCc2ccccc2)cc1.Cl. The van der Waals surface area contributed by atoms with Gasteiger partial charge < -0.3 is 9.64 Å². The maximum atomic E-state index is 11.7. The number of hydrogen-bond donors (Lipinski definition) is 1. The van der Waals surface area contributed by atoms with Crippen LogP contribution in [0.15, 0.2) is 54.6 Å². The second kappa shape index (κ2) is 11.5. The van der Waals surface area contributed by atoms with Crippen molar-refractivity contribution in [3.63, 3.8) is 0 Å². The number of carbonyl (C=O) groups is 1. The zero-order valence-electron chi connectivity index (χ0n) is 14.9. The van der Waals surface area contributed by atoms with Crippen molar-refractivity contribution in [3.8, 4) is 0 Å². The number of hydrogen-bond acceptors (Lipinski definition) is 3. The molecule has 0 aliphatic carbocycles. The summed E-state index contributed by atoms with van der Waals surface area (Å²) in [5, 5.41) is 2.73. The third-order valence-corrected chi connectivity index (χ3v) is 3.85. The van der Waals surface area contributed by atoms with E-state index in [1.165, 1.54) is 5.56 Å². The van der Waals surface area contributed by atoms with E-state index in [-0.39, 0.29) is 12.4 Å². The molecule has 2 aromatic carbocycles. The van der Waals surface area contributed by atoms with E-state index in [0.717, 1.165) is 37.2 Å². The minimum absolute atomic E-state index is 0. The first-order valence-corrected chi connectivity index (χ1v) is 8.36. The third kappa shape index (κ3) is 8.57. The van der Waals surface area contributed by atoms with Crippen molar-refractivity contribution in [3.05, 3.63) is 65.7 Å². The lowest BCUT2D eigenvalue weighted by Crippen LogP contribution is -2.26. The summed E-state index contributed by atoms with van der Waals surface area (Å²) in [5.41, 5.74) is 3.27. The molecular weight excluding hydrogens is 336 g/mol. The van der Waals surface area contributed by atoms with Crippen molar-refractivity contribution in [2.75, 3.05) is 32.1 Å². The highest BCUT2D eigenvalue weighted by molar-refractivity contribution is 5.85. The molecule has 0 radical (unpaired) electrons. The van der Waals surface area contributed by atoms with Gasteiger partial charge in [-0.15, -0.1) is 12.4 Å². The van der Waals surface area contributed by atoms with Crippen LogP contribution in [0.4, 0.5) is 10.5 Å². The summed E-state index contributed by atoms with van der Waals surface area (Å²) in [4.78, 5) is 13.9. The Morgan fingerprint density at radius 3 is 2.40 bits per heavy atom. The standard InChI is InChI=1S/C20H26N2O2.ClH/c1-17-10-12-19(13-11-17)21-20(23)24-16-15-22(2)14-6-9-18-7-4-3-5-8-18;/h3-5,7-8,10-13H,6,9,14-16H2,1-2H3,(H,21,23);1H. The van der Waals surface area contributed by atoms with Crippen molar-refractivity contribution in [1.29, 1.82) is 0 Å². The summed E-state index contributed by atoms with van der Waals surface area (Å²) in [6.07, 6.45) is 1.76. The molecule has 1 amide bonds. The molecule has 2 rings (SSSR count). The molecule has 1 N–H and O–H groups in total. The van der Waals surface area contributed by atoms with Crippen molar-refractivity contribution in [2.45, 2.75) is 19.8 Å². The van der Waals surface area contributed by atoms with Gasteiger partial charge in [-0.2, -0.15) is 0 Å². The van der Waals surface area contributed by atoms with Crippen molar-refractivity contribution >= 4 is 24.2 Å². The lowest BCUT2D eigenvalue weighted by molar-refractivity contribution is 0.146. The summed E-state index contributed by atoms with van der Waals surface area (Å²) in [7, 11) is 2.05. The number of carbonyl (C=O) groups excluding carboxylic acids is 1. The van der Waals surface area contributed by atoms with Gasteiger partial charge in [-0.1, -0.05) is 48.0 Å². The van der Waals surface area contributed by atoms with E-state index in [9.17, 15) is 4.79 Å². The first-order chi connectivity index (χ1) is 11.6. The zero-order valence-corrected chi connectivity index (χ0v) is 15.7. The van der Waals surface area contributed by atoms with Crippen LogP contribution in [0.25, 0.3) is 0 Å². The van der Waals surface area contributed by atoms with Gasteiger partial charge in [0, 0.05) is 12.2 Å². The Hall–Kier alpha value is -2.04. The van der Waals surface area contributed by atoms with Crippen LogP contribution >= 0.6 is 12.4 Å². The second-order valence-electron chi connectivity index (χ2n) is 6.02. The summed E-state index contributed by atoms with van der Waals surface area (Å²) in [6.45, 7) is 4.11. The predicted octanol–water partition coefficient (Wildman–Crippen LogP) is 4.53. The number of ether oxygens (including phenoxy) is 1. The highest BCUT2D eigenvalue weighted by Gasteiger charge is 2.04. The molecule has 0 aliphatic rings. The summed E-state index contributed by atoms with van der Waals surface area (Å²) < 4.78 is 5.22. The van der Waals surface area contributed by atoms with Crippen molar-refractivity contribution in [2.24, 2.45) is 0 Å². The smallest absolute Gasteiger partial charge is 0.411 e. The lowest BCUT2D eigenvalue weighted by Gasteiger charge is -2.16. The maximum absolute atomic E-state index is 11.7. The number of likely N-dealkylation sites (N-methyl/N-ethyl adjacent to an activating group) is 1. The second-order valence-corrected chi connectivity index (χ2v) is 6.02. The molecule has 136 valence electrons. The van der Waals surface area contributed by atoms with E-state index in [1.54, 1.807) is 0 Å². The number of benzene rings is 2. The van der Waals surface area contributed by atoms with Gasteiger partial charge in [0.25, 0.3) is 0 Å². The molecule has 25 heavy (non-hydrogen) atoms. The van der Waals surface area contributed by atoms with E-state index in [1.807, 2.05) is 44.3 Å². The van der Waals surface area contributed by atoms with Crippen LogP contribution in [0.1, 0.15) is 17.5 Å². The molecule has 0 spiro atoms. The molecule has 2 aromatic rings. The molecule has 0 saturated heterocycles. The zero-order chi connectivity index (χ0) is 17.2. The largest absolute Gasteiger partial charge is 0.448 e. The molecule has 0 heterocycles. The van der Waals surface area contributed by atoms with Crippen LogP contribution in [0, 0.1) is 6.92 Å². The van der Waals surface area contributed by atoms with E-state index < -0.39 is 6.09 Å². The number of halogens is 1. The Kier molecular flexibility index (Phi) is 9.66. The summed E-state index contributed by atoms with van der Waals surface area (Å²) in [6, 6.07) is 18.1. The third-order valence-electron chi connectivity index (χ3n) is 3.85. The molecule has 0 atom stereocenters. The molecule has 5 heteroatoms. The average molecular weight is 363 g/mol. The van der Waals surface area contributed by atoms with Gasteiger partial charge in [-0.3, -0.25) is 5.32 Å². The Balaban J connectivity index is 0.00000312. The van der Waals surface area contributed by atoms with Gasteiger partial charge in [0.05, 0.1) is 0 Å². The monoisotopic (exact) mass is 362 g/mol. The summed E-state index contributed by atoms with van der Waals surface area (Å²) >= 11 is 0. The summed E-state index contributed by atoms with van der Waals surface area (Å²) in [5.74, 6) is 0. The number of nitrogens with zero attached hydrogens (tertiary/aromatic N) is 1. The van der Waals surface area contributed by atoms with Gasteiger partial charge >= 0.3 is 6.09 Å². The first-order valence-electron chi connectivity index (χ1n) is 8.36. The van der Waals surface area contributed by atoms with Crippen LogP contribution in [0.3, 0.4) is 0 Å². The molecule has 4 nitrogen and oxygen atoms in total. The highest BCUT2D eigenvalue weighted by atomic mass is 35.5. The lowest BCUT2D eigenvalue weighted by atomic mass is 10.1. The minimum Gasteiger partial charge on any atom is -0.448 e.